The molecule has 0 aliphatic carbocycles. The Bertz CT molecular complexity index is 198. The molecule has 13 heavy (non-hydrogen) atoms. The van der Waals surface area contributed by atoms with Crippen molar-refractivity contribution in [1.29, 1.82) is 0 Å². The summed E-state index contributed by atoms with van der Waals surface area (Å²) in [4.78, 5) is 8.82. The standard InChI is InChI=1S/C6H13F2O4P/c1-5(2,7)11-13(9,10)12-6(3,4)8/h1-4H3,(H,9,10). The summed E-state index contributed by atoms with van der Waals surface area (Å²) in [6.45, 7) is 3.63. The summed E-state index contributed by atoms with van der Waals surface area (Å²) in [6, 6.07) is 0. The molecule has 0 aromatic heterocycles. The number of phosphoric acid groups is 1. The molecular weight excluding hydrogens is 205 g/mol. The van der Waals surface area contributed by atoms with Crippen molar-refractivity contribution in [3.05, 3.63) is 0 Å². The maximum absolute atomic E-state index is 12.7. The minimum absolute atomic E-state index is 0.907. The van der Waals surface area contributed by atoms with Crippen LogP contribution in [0.25, 0.3) is 0 Å². The van der Waals surface area contributed by atoms with E-state index >= 15 is 0 Å². The summed E-state index contributed by atoms with van der Waals surface area (Å²) in [5.74, 6) is -4.70. The van der Waals surface area contributed by atoms with E-state index in [2.05, 4.69) is 9.05 Å². The average Bonchev–Trinajstić information content (AvgIpc) is 1.43. The normalized spacial score (nSPS) is 14.7. The number of hydrogen-bond acceptors (Lipinski definition) is 3. The molecule has 0 atom stereocenters. The molecule has 0 amide bonds. The third-order valence-electron chi connectivity index (χ3n) is 0.665. The van der Waals surface area contributed by atoms with Crippen molar-refractivity contribution in [1.82, 2.24) is 0 Å². The Hall–Kier alpha value is -0.0300. The zero-order chi connectivity index (χ0) is 10.9. The van der Waals surface area contributed by atoms with Gasteiger partial charge in [0.1, 0.15) is 0 Å². The Kier molecular flexibility index (Phi) is 3.60. The first-order valence-electron chi connectivity index (χ1n) is 3.53. The summed E-state index contributed by atoms with van der Waals surface area (Å²) in [6.07, 6.45) is 0. The third-order valence-corrected chi connectivity index (χ3v) is 1.99. The van der Waals surface area contributed by atoms with E-state index < -0.39 is 19.5 Å². The van der Waals surface area contributed by atoms with Crippen LogP contribution in [0.4, 0.5) is 8.78 Å². The predicted octanol–water partition coefficient (Wildman–Crippen LogP) is 2.53. The Morgan fingerprint density at radius 3 is 1.46 bits per heavy atom. The van der Waals surface area contributed by atoms with Gasteiger partial charge in [-0.3, -0.25) is 0 Å². The van der Waals surface area contributed by atoms with E-state index in [0.717, 1.165) is 27.7 Å². The highest BCUT2D eigenvalue weighted by Crippen LogP contribution is 2.50. The monoisotopic (exact) mass is 218 g/mol. The van der Waals surface area contributed by atoms with Crippen LogP contribution in [-0.2, 0) is 13.6 Å². The van der Waals surface area contributed by atoms with Crippen LogP contribution < -0.4 is 0 Å². The quantitative estimate of drug-likeness (QED) is 0.736. The van der Waals surface area contributed by atoms with Crippen molar-refractivity contribution in [3.63, 3.8) is 0 Å². The van der Waals surface area contributed by atoms with Crippen molar-refractivity contribution in [2.24, 2.45) is 0 Å². The van der Waals surface area contributed by atoms with Gasteiger partial charge in [-0.05, 0) is 27.7 Å². The van der Waals surface area contributed by atoms with Crippen molar-refractivity contribution in [3.8, 4) is 0 Å². The number of phosphoric ester groups is 1. The first-order valence-corrected chi connectivity index (χ1v) is 5.03. The van der Waals surface area contributed by atoms with E-state index in [-0.39, 0.29) is 0 Å². The third kappa shape index (κ3) is 8.30. The van der Waals surface area contributed by atoms with E-state index in [1.54, 1.807) is 0 Å². The zero-order valence-electron chi connectivity index (χ0n) is 7.88. The van der Waals surface area contributed by atoms with Crippen LogP contribution in [0.15, 0.2) is 0 Å². The second kappa shape index (κ2) is 3.61. The smallest absolute Gasteiger partial charge is 0.302 e. The van der Waals surface area contributed by atoms with Gasteiger partial charge in [-0.25, -0.2) is 22.4 Å². The number of alkyl halides is 2. The van der Waals surface area contributed by atoms with Gasteiger partial charge >= 0.3 is 7.82 Å². The lowest BCUT2D eigenvalue weighted by atomic mass is 10.4. The molecule has 7 heteroatoms. The van der Waals surface area contributed by atoms with Crippen LogP contribution in [0.5, 0.6) is 0 Å². The highest BCUT2D eigenvalue weighted by Gasteiger charge is 2.37. The summed E-state index contributed by atoms with van der Waals surface area (Å²) in [5, 5.41) is 0. The molecule has 0 radical (unpaired) electrons. The highest BCUT2D eigenvalue weighted by atomic mass is 31.2. The van der Waals surface area contributed by atoms with E-state index in [1.807, 2.05) is 0 Å². The van der Waals surface area contributed by atoms with Gasteiger partial charge in [0.05, 0.1) is 0 Å². The Morgan fingerprint density at radius 1 is 1.08 bits per heavy atom. The summed E-state index contributed by atoms with van der Waals surface area (Å²) < 4.78 is 44.2. The van der Waals surface area contributed by atoms with Gasteiger partial charge in [0.25, 0.3) is 0 Å². The van der Waals surface area contributed by atoms with Crippen molar-refractivity contribution >= 4 is 7.82 Å². The number of rotatable bonds is 4. The fourth-order valence-corrected chi connectivity index (χ4v) is 1.70. The molecule has 0 fully saturated rings. The van der Waals surface area contributed by atoms with Crippen molar-refractivity contribution in [2.45, 2.75) is 39.4 Å². The molecule has 80 valence electrons. The van der Waals surface area contributed by atoms with Crippen LogP contribution in [0.3, 0.4) is 0 Å². The molecule has 0 aromatic rings. The van der Waals surface area contributed by atoms with E-state index in [0.29, 0.717) is 0 Å². The Balaban J connectivity index is 4.35. The highest BCUT2D eigenvalue weighted by molar-refractivity contribution is 7.47. The summed E-state index contributed by atoms with van der Waals surface area (Å²) in [7, 11) is -4.69. The van der Waals surface area contributed by atoms with Gasteiger partial charge in [-0.2, -0.15) is 0 Å². The van der Waals surface area contributed by atoms with Crippen LogP contribution in [-0.4, -0.2) is 16.6 Å². The van der Waals surface area contributed by atoms with Crippen LogP contribution >= 0.6 is 7.82 Å². The summed E-state index contributed by atoms with van der Waals surface area (Å²) in [5.41, 5.74) is 0. The number of halogens is 2. The van der Waals surface area contributed by atoms with E-state index in [9.17, 15) is 13.3 Å². The lowest BCUT2D eigenvalue weighted by Gasteiger charge is -2.23. The molecule has 0 aliphatic heterocycles. The molecule has 0 saturated heterocycles. The molecular formula is C6H13F2O4P. The minimum Gasteiger partial charge on any atom is -0.302 e. The van der Waals surface area contributed by atoms with Crippen molar-refractivity contribution < 1.29 is 27.3 Å². The largest absolute Gasteiger partial charge is 0.477 e. The molecule has 0 rings (SSSR count). The maximum Gasteiger partial charge on any atom is 0.477 e. The van der Waals surface area contributed by atoms with Crippen molar-refractivity contribution in [2.75, 3.05) is 0 Å². The number of hydrogen-bond donors (Lipinski definition) is 1. The minimum atomic E-state index is -4.69. The SMILES string of the molecule is CC(C)(F)OP(=O)(O)OC(C)(C)F. The first kappa shape index (κ1) is 13.0. The Morgan fingerprint density at radius 2 is 1.31 bits per heavy atom. The van der Waals surface area contributed by atoms with Gasteiger partial charge in [-0.15, -0.1) is 0 Å². The molecule has 0 aromatic carbocycles. The molecule has 0 saturated carbocycles. The zero-order valence-corrected chi connectivity index (χ0v) is 8.77. The predicted molar refractivity (Wildman–Crippen MR) is 42.4 cm³/mol. The fourth-order valence-electron chi connectivity index (χ4n) is 0.567. The second-order valence-electron chi connectivity index (χ2n) is 3.38. The molecule has 0 heterocycles. The molecule has 0 aliphatic rings. The topological polar surface area (TPSA) is 55.8 Å². The molecule has 0 bridgehead atoms. The second-order valence-corrected chi connectivity index (χ2v) is 4.68. The lowest BCUT2D eigenvalue weighted by molar-refractivity contribution is -0.0977. The van der Waals surface area contributed by atoms with E-state index in [1.165, 1.54) is 0 Å². The molecule has 4 nitrogen and oxygen atoms in total. The first-order chi connectivity index (χ1) is 5.41. The van der Waals surface area contributed by atoms with Gasteiger partial charge in [-0.1, -0.05) is 0 Å². The molecule has 0 unspecified atom stereocenters. The van der Waals surface area contributed by atoms with Gasteiger partial charge in [0.15, 0.2) is 0 Å². The lowest BCUT2D eigenvalue weighted by Crippen LogP contribution is -2.21. The molecule has 0 spiro atoms. The van der Waals surface area contributed by atoms with E-state index in [4.69, 9.17) is 4.89 Å². The van der Waals surface area contributed by atoms with Crippen LogP contribution in [0.1, 0.15) is 27.7 Å². The van der Waals surface area contributed by atoms with Gasteiger partial charge < -0.3 is 4.89 Å². The van der Waals surface area contributed by atoms with Crippen LogP contribution in [0, 0.1) is 0 Å². The maximum atomic E-state index is 12.7. The van der Waals surface area contributed by atoms with Gasteiger partial charge in [0.2, 0.25) is 11.7 Å². The summed E-state index contributed by atoms with van der Waals surface area (Å²) >= 11 is 0. The fraction of sp³-hybridized carbons (Fsp3) is 1.00. The average molecular weight is 218 g/mol. The molecule has 1 N–H and O–H groups in total. The van der Waals surface area contributed by atoms with Gasteiger partial charge in [0, 0.05) is 0 Å². The Labute approximate surface area is 75.5 Å². The van der Waals surface area contributed by atoms with Crippen LogP contribution in [0.2, 0.25) is 0 Å².